The predicted molar refractivity (Wildman–Crippen MR) is 105 cm³/mol. The molecule has 1 heterocycles. The van der Waals surface area contributed by atoms with E-state index in [4.69, 9.17) is 4.74 Å². The molecule has 0 aliphatic carbocycles. The lowest BCUT2D eigenvalue weighted by atomic mass is 10.00. The first-order valence-electron chi connectivity index (χ1n) is 8.85. The van der Waals surface area contributed by atoms with Crippen LogP contribution in [0.25, 0.3) is 0 Å². The number of ether oxygens (including phenoxy) is 1. The van der Waals surface area contributed by atoms with Crippen LogP contribution in [0.3, 0.4) is 0 Å². The first kappa shape index (κ1) is 22.7. The molecule has 1 atom stereocenters. The molecule has 148 valence electrons. The number of piperidine rings is 1. The summed E-state index contributed by atoms with van der Waals surface area (Å²) in [4.78, 5) is 12.1. The van der Waals surface area contributed by atoms with Gasteiger partial charge in [-0.2, -0.15) is 0 Å². The highest BCUT2D eigenvalue weighted by Crippen LogP contribution is 2.16. The summed E-state index contributed by atoms with van der Waals surface area (Å²) in [5, 5.41) is 6.35. The van der Waals surface area contributed by atoms with E-state index < -0.39 is 9.84 Å². The average Bonchev–Trinajstić information content (AvgIpc) is 2.60. The van der Waals surface area contributed by atoms with E-state index in [1.165, 1.54) is 31.2 Å². The van der Waals surface area contributed by atoms with Crippen molar-refractivity contribution in [3.8, 4) is 5.75 Å². The van der Waals surface area contributed by atoms with Gasteiger partial charge in [0.25, 0.3) is 0 Å². The van der Waals surface area contributed by atoms with Gasteiger partial charge in [-0.3, -0.25) is 4.79 Å². The molecule has 1 aromatic carbocycles. The Balaban J connectivity index is 0.00000338. The lowest BCUT2D eigenvalue weighted by molar-refractivity contribution is -0.121. The molecule has 0 aromatic heterocycles. The highest BCUT2D eigenvalue weighted by atomic mass is 35.5. The Kier molecular flexibility index (Phi) is 9.98. The SMILES string of the molecule is CS(=O)(=O)c1ccc(OCCCCC(=O)NCC2CCCNC2)cc1.Cl. The number of unbranched alkanes of at least 4 members (excludes halogenated alkanes) is 1. The number of rotatable bonds is 9. The second-order valence-corrected chi connectivity index (χ2v) is 8.58. The summed E-state index contributed by atoms with van der Waals surface area (Å²) in [5.41, 5.74) is 0. The van der Waals surface area contributed by atoms with Crippen LogP contribution < -0.4 is 15.4 Å². The van der Waals surface area contributed by atoms with Gasteiger partial charge < -0.3 is 15.4 Å². The highest BCUT2D eigenvalue weighted by Gasteiger charge is 2.13. The van der Waals surface area contributed by atoms with E-state index in [0.717, 1.165) is 32.5 Å². The van der Waals surface area contributed by atoms with Gasteiger partial charge in [0.05, 0.1) is 11.5 Å². The smallest absolute Gasteiger partial charge is 0.220 e. The second kappa shape index (κ2) is 11.4. The Labute approximate surface area is 162 Å². The molecule has 2 N–H and O–H groups in total. The van der Waals surface area contributed by atoms with E-state index in [0.29, 0.717) is 24.7 Å². The molecular formula is C18H29ClN2O4S. The van der Waals surface area contributed by atoms with Gasteiger partial charge in [0, 0.05) is 19.2 Å². The van der Waals surface area contributed by atoms with Crippen LogP contribution >= 0.6 is 12.4 Å². The average molecular weight is 405 g/mol. The van der Waals surface area contributed by atoms with Crippen molar-refractivity contribution in [3.05, 3.63) is 24.3 Å². The first-order chi connectivity index (χ1) is 11.9. The van der Waals surface area contributed by atoms with Crippen molar-refractivity contribution in [2.75, 3.05) is 32.5 Å². The maximum Gasteiger partial charge on any atom is 0.220 e. The van der Waals surface area contributed by atoms with Gasteiger partial charge in [-0.05, 0) is 69.0 Å². The van der Waals surface area contributed by atoms with E-state index in [9.17, 15) is 13.2 Å². The van der Waals surface area contributed by atoms with Crippen LogP contribution in [-0.2, 0) is 14.6 Å². The Bertz CT molecular complexity index is 644. The van der Waals surface area contributed by atoms with Crippen molar-refractivity contribution < 1.29 is 17.9 Å². The number of hydrogen-bond donors (Lipinski definition) is 2. The third kappa shape index (κ3) is 8.38. The Hall–Kier alpha value is -1.31. The standard InChI is InChI=1S/C18H28N2O4S.ClH/c1-25(22,23)17-9-7-16(8-10-17)24-12-3-2-6-18(21)20-14-15-5-4-11-19-13-15;/h7-10,15,19H,2-6,11-14H2,1H3,(H,20,21);1H. The van der Waals surface area contributed by atoms with Crippen LogP contribution in [0.1, 0.15) is 32.1 Å². The molecule has 0 bridgehead atoms. The second-order valence-electron chi connectivity index (χ2n) is 6.57. The van der Waals surface area contributed by atoms with Crippen LogP contribution in [0, 0.1) is 5.92 Å². The zero-order valence-electron chi connectivity index (χ0n) is 15.2. The molecule has 2 rings (SSSR count). The molecule has 1 saturated heterocycles. The third-order valence-electron chi connectivity index (χ3n) is 4.31. The van der Waals surface area contributed by atoms with E-state index in [-0.39, 0.29) is 23.2 Å². The summed E-state index contributed by atoms with van der Waals surface area (Å²) in [6, 6.07) is 6.39. The lowest BCUT2D eigenvalue weighted by Crippen LogP contribution is -2.38. The quantitative estimate of drug-likeness (QED) is 0.616. The summed E-state index contributed by atoms with van der Waals surface area (Å²) in [6.07, 6.45) is 5.61. The molecular weight excluding hydrogens is 376 g/mol. The molecule has 0 radical (unpaired) electrons. The monoisotopic (exact) mass is 404 g/mol. The van der Waals surface area contributed by atoms with Gasteiger partial charge in [0.1, 0.15) is 5.75 Å². The minimum Gasteiger partial charge on any atom is -0.494 e. The fraction of sp³-hybridized carbons (Fsp3) is 0.611. The Morgan fingerprint density at radius 2 is 2.00 bits per heavy atom. The minimum atomic E-state index is -3.18. The van der Waals surface area contributed by atoms with Crippen LogP contribution in [0.4, 0.5) is 0 Å². The third-order valence-corrected chi connectivity index (χ3v) is 5.43. The number of nitrogens with one attached hydrogen (secondary N) is 2. The molecule has 0 spiro atoms. The lowest BCUT2D eigenvalue weighted by Gasteiger charge is -2.22. The summed E-state index contributed by atoms with van der Waals surface area (Å²) < 4.78 is 28.3. The number of amides is 1. The van der Waals surface area contributed by atoms with Crippen molar-refractivity contribution in [3.63, 3.8) is 0 Å². The molecule has 8 heteroatoms. The Morgan fingerprint density at radius 1 is 1.27 bits per heavy atom. The molecule has 1 fully saturated rings. The van der Waals surface area contributed by atoms with Crippen LogP contribution in [0.5, 0.6) is 5.75 Å². The van der Waals surface area contributed by atoms with Gasteiger partial charge in [0.2, 0.25) is 5.91 Å². The van der Waals surface area contributed by atoms with Gasteiger partial charge in [-0.25, -0.2) is 8.42 Å². The molecule has 1 amide bonds. The molecule has 1 aliphatic rings. The molecule has 1 unspecified atom stereocenters. The topological polar surface area (TPSA) is 84.5 Å². The number of sulfone groups is 1. The normalized spacial score (nSPS) is 17.2. The summed E-state index contributed by atoms with van der Waals surface area (Å²) in [5.74, 6) is 1.29. The van der Waals surface area contributed by atoms with Crippen LogP contribution in [-0.4, -0.2) is 46.8 Å². The van der Waals surface area contributed by atoms with Gasteiger partial charge >= 0.3 is 0 Å². The van der Waals surface area contributed by atoms with Gasteiger partial charge in [-0.15, -0.1) is 12.4 Å². The van der Waals surface area contributed by atoms with Crippen molar-refractivity contribution >= 4 is 28.2 Å². The number of carbonyl (C=O) groups excluding carboxylic acids is 1. The van der Waals surface area contributed by atoms with Gasteiger partial charge in [-0.1, -0.05) is 0 Å². The fourth-order valence-electron chi connectivity index (χ4n) is 2.81. The van der Waals surface area contributed by atoms with Crippen LogP contribution in [0.2, 0.25) is 0 Å². The summed E-state index contributed by atoms with van der Waals surface area (Å²) in [6.45, 7) is 3.35. The van der Waals surface area contributed by atoms with Crippen molar-refractivity contribution in [1.29, 1.82) is 0 Å². The highest BCUT2D eigenvalue weighted by molar-refractivity contribution is 7.90. The van der Waals surface area contributed by atoms with E-state index in [2.05, 4.69) is 10.6 Å². The first-order valence-corrected chi connectivity index (χ1v) is 10.7. The number of carbonyl (C=O) groups is 1. The molecule has 0 saturated carbocycles. The predicted octanol–water partition coefficient (Wildman–Crippen LogP) is 2.18. The van der Waals surface area contributed by atoms with E-state index >= 15 is 0 Å². The fourth-order valence-corrected chi connectivity index (χ4v) is 3.44. The molecule has 1 aliphatic heterocycles. The van der Waals surface area contributed by atoms with Gasteiger partial charge in [0.15, 0.2) is 9.84 Å². The number of benzene rings is 1. The minimum absolute atomic E-state index is 0. The maximum atomic E-state index is 11.8. The zero-order chi connectivity index (χ0) is 18.1. The molecule has 1 aromatic rings. The van der Waals surface area contributed by atoms with Crippen molar-refractivity contribution in [2.24, 2.45) is 5.92 Å². The van der Waals surface area contributed by atoms with Crippen molar-refractivity contribution in [2.45, 2.75) is 37.0 Å². The maximum absolute atomic E-state index is 11.8. The largest absolute Gasteiger partial charge is 0.494 e. The molecule has 26 heavy (non-hydrogen) atoms. The van der Waals surface area contributed by atoms with E-state index in [1.807, 2.05) is 0 Å². The van der Waals surface area contributed by atoms with E-state index in [1.54, 1.807) is 12.1 Å². The van der Waals surface area contributed by atoms with Crippen LogP contribution in [0.15, 0.2) is 29.2 Å². The Morgan fingerprint density at radius 3 is 2.62 bits per heavy atom. The van der Waals surface area contributed by atoms with Crippen molar-refractivity contribution in [1.82, 2.24) is 10.6 Å². The summed E-state index contributed by atoms with van der Waals surface area (Å²) >= 11 is 0. The molecule has 6 nitrogen and oxygen atoms in total. The number of halogens is 1. The summed E-state index contributed by atoms with van der Waals surface area (Å²) in [7, 11) is -3.18. The zero-order valence-corrected chi connectivity index (χ0v) is 16.8. The number of hydrogen-bond acceptors (Lipinski definition) is 5.